The molecule has 140 valence electrons. The summed E-state index contributed by atoms with van der Waals surface area (Å²) in [5.74, 6) is -2.20. The maximum atomic E-state index is 13.7. The number of benzene rings is 1. The topological polar surface area (TPSA) is 86.5 Å². The van der Waals surface area contributed by atoms with Crippen molar-refractivity contribution in [3.05, 3.63) is 59.7 Å². The number of nitrogens with two attached hydrogens (primary N) is 2. The molecular formula is C16H15F5N4O. The van der Waals surface area contributed by atoms with Crippen LogP contribution in [0, 0.1) is 17.5 Å². The smallest absolute Gasteiger partial charge is 0.269 e. The summed E-state index contributed by atoms with van der Waals surface area (Å²) in [7, 11) is 0. The third-order valence-electron chi connectivity index (χ3n) is 3.40. The zero-order chi connectivity index (χ0) is 19.3. The van der Waals surface area contributed by atoms with E-state index in [9.17, 15) is 22.0 Å². The summed E-state index contributed by atoms with van der Waals surface area (Å²) in [6, 6.07) is 4.21. The number of halogens is 5. The number of ether oxygens (including phenoxy) is 1. The van der Waals surface area contributed by atoms with Gasteiger partial charge in [0.05, 0.1) is 19.0 Å². The molecular weight excluding hydrogens is 359 g/mol. The number of rotatable bonds is 2. The van der Waals surface area contributed by atoms with E-state index in [4.69, 9.17) is 16.2 Å². The highest BCUT2D eigenvalue weighted by atomic mass is 19.3. The van der Waals surface area contributed by atoms with Gasteiger partial charge in [-0.05, 0) is 18.2 Å². The number of hydrogen-bond donors (Lipinski definition) is 2. The van der Waals surface area contributed by atoms with E-state index < -0.39 is 36.0 Å². The molecule has 5 nitrogen and oxygen atoms in total. The number of pyridine rings is 1. The molecule has 2 heterocycles. The van der Waals surface area contributed by atoms with Gasteiger partial charge in [0, 0.05) is 17.3 Å². The third kappa shape index (κ3) is 4.45. The molecule has 26 heavy (non-hydrogen) atoms. The van der Waals surface area contributed by atoms with Crippen LogP contribution in [0.3, 0.4) is 0 Å². The molecule has 1 unspecified atom stereocenters. The number of aliphatic imine (C=N–C) groups is 1. The Hall–Kier alpha value is -2.75. The first-order valence-corrected chi connectivity index (χ1v) is 7.26. The number of hydrogen-bond acceptors (Lipinski definition) is 5. The fourth-order valence-electron chi connectivity index (χ4n) is 2.26. The first kappa shape index (κ1) is 19.6. The minimum atomic E-state index is -2.95. The highest BCUT2D eigenvalue weighted by molar-refractivity contribution is 5.82. The molecule has 0 aliphatic carbocycles. The maximum absolute atomic E-state index is 13.7. The van der Waals surface area contributed by atoms with Crippen molar-refractivity contribution >= 4 is 11.5 Å². The fourth-order valence-corrected chi connectivity index (χ4v) is 2.26. The normalized spacial score (nSPS) is 19.5. The summed E-state index contributed by atoms with van der Waals surface area (Å²) in [5, 5.41) is 0. The lowest BCUT2D eigenvalue weighted by molar-refractivity contribution is -0.0145. The van der Waals surface area contributed by atoms with E-state index in [1.807, 2.05) is 0 Å². The largest absolute Gasteiger partial charge is 0.399 e. The Balaban J connectivity index is 0.000000254. The van der Waals surface area contributed by atoms with Crippen molar-refractivity contribution in [2.45, 2.75) is 12.0 Å². The molecule has 0 fully saturated rings. The van der Waals surface area contributed by atoms with E-state index in [0.29, 0.717) is 0 Å². The molecule has 0 radical (unpaired) electrons. The van der Waals surface area contributed by atoms with Gasteiger partial charge in [-0.2, -0.15) is 0 Å². The minimum absolute atomic E-state index is 0.0432. The lowest BCUT2D eigenvalue weighted by Crippen LogP contribution is -2.45. The Morgan fingerprint density at radius 2 is 1.69 bits per heavy atom. The zero-order valence-corrected chi connectivity index (χ0v) is 13.3. The molecule has 0 saturated heterocycles. The van der Waals surface area contributed by atoms with Crippen molar-refractivity contribution in [3.63, 3.8) is 0 Å². The van der Waals surface area contributed by atoms with Crippen molar-refractivity contribution in [1.29, 1.82) is 0 Å². The zero-order valence-electron chi connectivity index (χ0n) is 13.3. The predicted octanol–water partition coefficient (Wildman–Crippen LogP) is 2.62. The van der Waals surface area contributed by atoms with Crippen LogP contribution >= 0.6 is 0 Å². The van der Waals surface area contributed by atoms with Crippen molar-refractivity contribution in [2.24, 2.45) is 10.7 Å². The average molecular weight is 374 g/mol. The van der Waals surface area contributed by atoms with Gasteiger partial charge in [0.2, 0.25) is 0 Å². The predicted molar refractivity (Wildman–Crippen MR) is 85.1 cm³/mol. The van der Waals surface area contributed by atoms with Crippen LogP contribution in [0.4, 0.5) is 27.6 Å². The SMILES string of the molecule is Fc1cncc(F)c1.NC1=NC(c2cc(N)ccc2F)(C(F)F)COC1. The van der Waals surface area contributed by atoms with Crippen molar-refractivity contribution < 1.29 is 26.7 Å². The van der Waals surface area contributed by atoms with Gasteiger partial charge in [-0.1, -0.05) is 0 Å². The highest BCUT2D eigenvalue weighted by Gasteiger charge is 2.46. The second kappa shape index (κ2) is 8.09. The Labute approximate surface area is 145 Å². The molecule has 4 N–H and O–H groups in total. The molecule has 0 spiro atoms. The lowest BCUT2D eigenvalue weighted by atomic mass is 9.90. The molecule has 0 amide bonds. The van der Waals surface area contributed by atoms with Crippen LogP contribution in [0.15, 0.2) is 41.7 Å². The summed E-state index contributed by atoms with van der Waals surface area (Å²) in [6.07, 6.45) is -1.06. The third-order valence-corrected chi connectivity index (χ3v) is 3.40. The molecule has 0 saturated carbocycles. The summed E-state index contributed by atoms with van der Waals surface area (Å²) in [5.41, 5.74) is 8.65. The van der Waals surface area contributed by atoms with Gasteiger partial charge in [0.1, 0.15) is 29.9 Å². The Morgan fingerprint density at radius 3 is 2.19 bits per heavy atom. The fraction of sp³-hybridized carbons (Fsp3) is 0.250. The number of nitrogens with zero attached hydrogens (tertiary/aromatic N) is 2. The van der Waals surface area contributed by atoms with Gasteiger partial charge >= 0.3 is 0 Å². The van der Waals surface area contributed by atoms with Gasteiger partial charge in [0.25, 0.3) is 6.43 Å². The van der Waals surface area contributed by atoms with Gasteiger partial charge < -0.3 is 16.2 Å². The van der Waals surface area contributed by atoms with E-state index in [2.05, 4.69) is 9.98 Å². The van der Waals surface area contributed by atoms with Gasteiger partial charge in [0.15, 0.2) is 5.54 Å². The molecule has 3 rings (SSSR count). The summed E-state index contributed by atoms with van der Waals surface area (Å²) < 4.78 is 69.0. The molecule has 1 aliphatic rings. The van der Waals surface area contributed by atoms with Crippen molar-refractivity contribution in [2.75, 3.05) is 18.9 Å². The quantitative estimate of drug-likeness (QED) is 0.625. The monoisotopic (exact) mass is 374 g/mol. The van der Waals surface area contributed by atoms with Crippen molar-refractivity contribution in [3.8, 4) is 0 Å². The first-order chi connectivity index (χ1) is 12.2. The Kier molecular flexibility index (Phi) is 6.09. The second-order valence-electron chi connectivity index (χ2n) is 5.38. The van der Waals surface area contributed by atoms with Crippen LogP contribution in [0.1, 0.15) is 5.56 Å². The Morgan fingerprint density at radius 1 is 1.04 bits per heavy atom. The molecule has 0 bridgehead atoms. The number of amidine groups is 1. The van der Waals surface area contributed by atoms with Crippen LogP contribution in [0.5, 0.6) is 0 Å². The molecule has 1 aromatic carbocycles. The van der Waals surface area contributed by atoms with Crippen LogP contribution in [0.25, 0.3) is 0 Å². The van der Waals surface area contributed by atoms with E-state index in [0.717, 1.165) is 30.6 Å². The molecule has 1 aliphatic heterocycles. The minimum Gasteiger partial charge on any atom is -0.399 e. The highest BCUT2D eigenvalue weighted by Crippen LogP contribution is 2.37. The number of anilines is 1. The van der Waals surface area contributed by atoms with Crippen LogP contribution in [0.2, 0.25) is 0 Å². The molecule has 2 aromatic rings. The lowest BCUT2D eigenvalue weighted by Gasteiger charge is -2.33. The number of alkyl halides is 2. The summed E-state index contributed by atoms with van der Waals surface area (Å²) in [6.45, 7) is -0.482. The van der Waals surface area contributed by atoms with Gasteiger partial charge in [-0.3, -0.25) is 9.98 Å². The van der Waals surface area contributed by atoms with Crippen LogP contribution in [-0.2, 0) is 10.3 Å². The van der Waals surface area contributed by atoms with E-state index in [1.54, 1.807) is 0 Å². The molecule has 1 atom stereocenters. The standard InChI is InChI=1S/C11H12F3N3O.C5H3F2N/c12-8-2-1-6(15)3-7(8)11(10(13)14)5-18-4-9(16)17-11;6-4-1-5(7)3-8-2-4/h1-3,10H,4-5,15H2,(H2,16,17);1-3H. The molecule has 10 heteroatoms. The van der Waals surface area contributed by atoms with E-state index in [-0.39, 0.29) is 23.7 Å². The van der Waals surface area contributed by atoms with E-state index >= 15 is 0 Å². The maximum Gasteiger partial charge on any atom is 0.269 e. The number of aromatic nitrogens is 1. The van der Waals surface area contributed by atoms with Crippen molar-refractivity contribution in [1.82, 2.24) is 4.98 Å². The Bertz CT molecular complexity index is 785. The number of nitrogen functional groups attached to an aromatic ring is 1. The summed E-state index contributed by atoms with van der Waals surface area (Å²) in [4.78, 5) is 6.94. The van der Waals surface area contributed by atoms with Gasteiger partial charge in [-0.15, -0.1) is 0 Å². The van der Waals surface area contributed by atoms with E-state index in [1.165, 1.54) is 6.07 Å². The average Bonchev–Trinajstić information content (AvgIpc) is 2.57. The second-order valence-corrected chi connectivity index (χ2v) is 5.38. The summed E-state index contributed by atoms with van der Waals surface area (Å²) >= 11 is 0. The van der Waals surface area contributed by atoms with Crippen LogP contribution in [-0.4, -0.2) is 30.5 Å². The first-order valence-electron chi connectivity index (χ1n) is 7.26. The van der Waals surface area contributed by atoms with Crippen LogP contribution < -0.4 is 11.5 Å². The molecule has 1 aromatic heterocycles. The van der Waals surface area contributed by atoms with Gasteiger partial charge in [-0.25, -0.2) is 22.0 Å².